The van der Waals surface area contributed by atoms with Crippen LogP contribution in [-0.2, 0) is 0 Å². The van der Waals surface area contributed by atoms with Gasteiger partial charge in [0.1, 0.15) is 5.82 Å². The number of hydrogen-bond acceptors (Lipinski definition) is 5. The largest absolute Gasteiger partial charge is 0.383 e. The van der Waals surface area contributed by atoms with Crippen molar-refractivity contribution in [2.45, 2.75) is 6.92 Å². The van der Waals surface area contributed by atoms with Gasteiger partial charge in [-0.25, -0.2) is 4.98 Å². The Bertz CT molecular complexity index is 970. The topological polar surface area (TPSA) is 93.6 Å². The molecule has 0 saturated heterocycles. The standard InChI is InChI=1S/C16H13N5O/c1-9-20-16(22-21-9)13-7-12(8-19-15(13)17)10-2-3-14-11(6-10)4-5-18-14/h2-8,18H,1H3,(H2,17,19). The molecule has 3 aromatic heterocycles. The number of nitrogens with one attached hydrogen (secondary N) is 1. The second kappa shape index (κ2) is 4.70. The number of aryl methyl sites for hydroxylation is 1. The summed E-state index contributed by atoms with van der Waals surface area (Å²) < 4.78 is 5.19. The number of benzene rings is 1. The first-order valence-electron chi connectivity index (χ1n) is 6.84. The predicted octanol–water partition coefficient (Wildman–Crippen LogP) is 3.17. The predicted molar refractivity (Wildman–Crippen MR) is 84.0 cm³/mol. The Morgan fingerprint density at radius 3 is 2.86 bits per heavy atom. The van der Waals surface area contributed by atoms with Gasteiger partial charge in [-0.05, 0) is 42.1 Å². The summed E-state index contributed by atoms with van der Waals surface area (Å²) in [6, 6.07) is 10.1. The van der Waals surface area contributed by atoms with Gasteiger partial charge in [-0.15, -0.1) is 0 Å². The lowest BCUT2D eigenvalue weighted by Crippen LogP contribution is -1.95. The quantitative estimate of drug-likeness (QED) is 0.591. The molecule has 0 radical (unpaired) electrons. The lowest BCUT2D eigenvalue weighted by Gasteiger charge is -2.05. The second-order valence-electron chi connectivity index (χ2n) is 5.08. The molecule has 0 saturated carbocycles. The first-order chi connectivity index (χ1) is 10.7. The third-order valence-corrected chi connectivity index (χ3v) is 3.56. The number of anilines is 1. The number of nitrogen functional groups attached to an aromatic ring is 1. The minimum Gasteiger partial charge on any atom is -0.383 e. The molecule has 0 bridgehead atoms. The summed E-state index contributed by atoms with van der Waals surface area (Å²) in [6.07, 6.45) is 3.66. The summed E-state index contributed by atoms with van der Waals surface area (Å²) in [6.45, 7) is 1.76. The fraction of sp³-hybridized carbons (Fsp3) is 0.0625. The van der Waals surface area contributed by atoms with Crippen molar-refractivity contribution < 1.29 is 4.52 Å². The van der Waals surface area contributed by atoms with Gasteiger partial charge < -0.3 is 15.2 Å². The molecule has 4 rings (SSSR count). The highest BCUT2D eigenvalue weighted by molar-refractivity contribution is 5.86. The molecule has 1 aromatic carbocycles. The van der Waals surface area contributed by atoms with Crippen LogP contribution in [0.5, 0.6) is 0 Å². The van der Waals surface area contributed by atoms with Crippen LogP contribution in [0, 0.1) is 6.92 Å². The van der Waals surface area contributed by atoms with Gasteiger partial charge in [0, 0.05) is 23.5 Å². The highest BCUT2D eigenvalue weighted by Gasteiger charge is 2.13. The van der Waals surface area contributed by atoms with E-state index in [0.29, 0.717) is 23.1 Å². The van der Waals surface area contributed by atoms with E-state index in [1.165, 1.54) is 0 Å². The van der Waals surface area contributed by atoms with Gasteiger partial charge >= 0.3 is 0 Å². The number of rotatable bonds is 2. The molecule has 6 heteroatoms. The van der Waals surface area contributed by atoms with Gasteiger partial charge in [-0.3, -0.25) is 0 Å². The Morgan fingerprint density at radius 1 is 1.14 bits per heavy atom. The molecule has 108 valence electrons. The number of hydrogen-bond donors (Lipinski definition) is 2. The van der Waals surface area contributed by atoms with Crippen molar-refractivity contribution in [3.63, 3.8) is 0 Å². The summed E-state index contributed by atoms with van der Waals surface area (Å²) in [4.78, 5) is 11.6. The van der Waals surface area contributed by atoms with Crippen LogP contribution >= 0.6 is 0 Å². The molecule has 0 atom stereocenters. The molecular formula is C16H13N5O. The third kappa shape index (κ3) is 2.01. The summed E-state index contributed by atoms with van der Waals surface area (Å²) in [5.41, 5.74) is 9.68. The number of aromatic amines is 1. The van der Waals surface area contributed by atoms with E-state index in [2.05, 4.69) is 26.2 Å². The Labute approximate surface area is 126 Å². The van der Waals surface area contributed by atoms with Crippen molar-refractivity contribution >= 4 is 16.7 Å². The van der Waals surface area contributed by atoms with E-state index < -0.39 is 0 Å². The summed E-state index contributed by atoms with van der Waals surface area (Å²) in [5.74, 6) is 1.32. The van der Waals surface area contributed by atoms with Crippen LogP contribution in [0.1, 0.15) is 5.82 Å². The van der Waals surface area contributed by atoms with Crippen LogP contribution in [0.2, 0.25) is 0 Å². The molecule has 0 aliphatic carbocycles. The van der Waals surface area contributed by atoms with E-state index in [0.717, 1.165) is 22.0 Å². The molecule has 0 amide bonds. The maximum atomic E-state index is 5.94. The van der Waals surface area contributed by atoms with Gasteiger partial charge in [-0.2, -0.15) is 4.98 Å². The minimum absolute atomic E-state index is 0.370. The molecule has 3 N–H and O–H groups in total. The number of aromatic nitrogens is 4. The molecule has 0 aliphatic rings. The summed E-state index contributed by atoms with van der Waals surface area (Å²) >= 11 is 0. The van der Waals surface area contributed by atoms with Gasteiger partial charge in [0.15, 0.2) is 5.82 Å². The SMILES string of the molecule is Cc1noc(-c2cc(-c3ccc4[nH]ccc4c3)cnc2N)n1. The Morgan fingerprint density at radius 2 is 2.05 bits per heavy atom. The van der Waals surface area contributed by atoms with Gasteiger partial charge in [0.25, 0.3) is 5.89 Å². The molecular weight excluding hydrogens is 278 g/mol. The maximum absolute atomic E-state index is 5.94. The molecule has 0 aliphatic heterocycles. The van der Waals surface area contributed by atoms with E-state index >= 15 is 0 Å². The Hall–Kier alpha value is -3.15. The van der Waals surface area contributed by atoms with E-state index in [9.17, 15) is 0 Å². The van der Waals surface area contributed by atoms with E-state index in [1.54, 1.807) is 13.1 Å². The zero-order valence-corrected chi connectivity index (χ0v) is 11.9. The van der Waals surface area contributed by atoms with Crippen LogP contribution in [0.3, 0.4) is 0 Å². The lowest BCUT2D eigenvalue weighted by atomic mass is 10.0. The van der Waals surface area contributed by atoms with E-state index in [-0.39, 0.29) is 0 Å². The fourth-order valence-corrected chi connectivity index (χ4v) is 2.44. The average molecular weight is 291 g/mol. The number of pyridine rings is 1. The van der Waals surface area contributed by atoms with Crippen molar-refractivity contribution in [3.8, 4) is 22.6 Å². The van der Waals surface area contributed by atoms with Gasteiger partial charge in [0.05, 0.1) is 5.56 Å². The highest BCUT2D eigenvalue weighted by atomic mass is 16.5. The molecule has 0 fully saturated rings. The molecule has 0 unspecified atom stereocenters. The third-order valence-electron chi connectivity index (χ3n) is 3.56. The molecule has 3 heterocycles. The normalized spacial score (nSPS) is 11.1. The minimum atomic E-state index is 0.370. The first-order valence-corrected chi connectivity index (χ1v) is 6.84. The van der Waals surface area contributed by atoms with Crippen LogP contribution in [0.25, 0.3) is 33.5 Å². The highest BCUT2D eigenvalue weighted by Crippen LogP contribution is 2.30. The van der Waals surface area contributed by atoms with Crippen LogP contribution in [0.4, 0.5) is 5.82 Å². The number of nitrogens with zero attached hydrogens (tertiary/aromatic N) is 3. The molecule has 6 nitrogen and oxygen atoms in total. The maximum Gasteiger partial charge on any atom is 0.261 e. The van der Waals surface area contributed by atoms with E-state index in [4.69, 9.17) is 10.3 Å². The van der Waals surface area contributed by atoms with E-state index in [1.807, 2.05) is 30.5 Å². The van der Waals surface area contributed by atoms with Crippen LogP contribution in [0.15, 0.2) is 47.2 Å². The van der Waals surface area contributed by atoms with Crippen LogP contribution in [-0.4, -0.2) is 20.1 Å². The van der Waals surface area contributed by atoms with Gasteiger partial charge in [-0.1, -0.05) is 11.2 Å². The smallest absolute Gasteiger partial charge is 0.261 e. The average Bonchev–Trinajstić information content (AvgIpc) is 3.15. The summed E-state index contributed by atoms with van der Waals surface area (Å²) in [5, 5.41) is 4.94. The molecule has 0 spiro atoms. The zero-order valence-electron chi connectivity index (χ0n) is 11.9. The first kappa shape index (κ1) is 12.6. The van der Waals surface area contributed by atoms with Crippen molar-refractivity contribution in [2.24, 2.45) is 0 Å². The second-order valence-corrected chi connectivity index (χ2v) is 5.08. The molecule has 4 aromatic rings. The number of fused-ring (bicyclic) bond motifs is 1. The van der Waals surface area contributed by atoms with Crippen molar-refractivity contribution in [1.29, 1.82) is 0 Å². The number of H-pyrrole nitrogens is 1. The lowest BCUT2D eigenvalue weighted by molar-refractivity contribution is 0.425. The van der Waals surface area contributed by atoms with Crippen LogP contribution < -0.4 is 5.73 Å². The van der Waals surface area contributed by atoms with Gasteiger partial charge in [0.2, 0.25) is 0 Å². The zero-order chi connectivity index (χ0) is 15.1. The molecule has 22 heavy (non-hydrogen) atoms. The Balaban J connectivity index is 1.85. The monoisotopic (exact) mass is 291 g/mol. The summed E-state index contributed by atoms with van der Waals surface area (Å²) in [7, 11) is 0. The number of nitrogens with two attached hydrogens (primary N) is 1. The fourth-order valence-electron chi connectivity index (χ4n) is 2.44. The van der Waals surface area contributed by atoms with Crippen molar-refractivity contribution in [1.82, 2.24) is 20.1 Å². The van der Waals surface area contributed by atoms with Crippen molar-refractivity contribution in [2.75, 3.05) is 5.73 Å². The Kier molecular flexibility index (Phi) is 2.69. The van der Waals surface area contributed by atoms with Crippen molar-refractivity contribution in [3.05, 3.63) is 48.5 Å².